The maximum atomic E-state index is 10.7. The number of aliphatic carboxylic acids is 1. The molecule has 0 radical (unpaired) electrons. The molecule has 0 bridgehead atoms. The summed E-state index contributed by atoms with van der Waals surface area (Å²) in [6.45, 7) is 0.544. The summed E-state index contributed by atoms with van der Waals surface area (Å²) in [5.41, 5.74) is 0.241. The average Bonchev–Trinajstić information content (AvgIpc) is 2.60. The Morgan fingerprint density at radius 1 is 1.27 bits per heavy atom. The lowest BCUT2D eigenvalue weighted by atomic mass is 10.2. The van der Waals surface area contributed by atoms with Crippen LogP contribution in [0.4, 0.5) is 0 Å². The van der Waals surface area contributed by atoms with E-state index in [2.05, 4.69) is 0 Å². The van der Waals surface area contributed by atoms with Gasteiger partial charge in [-0.3, -0.25) is 4.79 Å². The molecule has 0 atom stereocenters. The number of aromatic nitrogens is 1. The Labute approximate surface area is 87.0 Å². The molecule has 1 rings (SSSR count). The zero-order valence-corrected chi connectivity index (χ0v) is 8.22. The Balaban J connectivity index is 2.40. The summed E-state index contributed by atoms with van der Waals surface area (Å²) in [4.78, 5) is 20.9. The molecule has 0 saturated carbocycles. The molecule has 0 amide bonds. The van der Waals surface area contributed by atoms with Gasteiger partial charge in [0, 0.05) is 19.2 Å². The number of hydrogen-bond acceptors (Lipinski definition) is 2. The third-order valence-electron chi connectivity index (χ3n) is 2.09. The third-order valence-corrected chi connectivity index (χ3v) is 2.09. The number of aryl methyl sites for hydroxylation is 1. The van der Waals surface area contributed by atoms with Gasteiger partial charge in [-0.2, -0.15) is 0 Å². The maximum Gasteiger partial charge on any atom is 0.352 e. The van der Waals surface area contributed by atoms with Crippen LogP contribution < -0.4 is 0 Å². The van der Waals surface area contributed by atoms with Gasteiger partial charge < -0.3 is 14.8 Å². The molecule has 0 unspecified atom stereocenters. The number of carbonyl (C=O) groups is 2. The van der Waals surface area contributed by atoms with Crippen LogP contribution in [0.2, 0.25) is 0 Å². The van der Waals surface area contributed by atoms with Crippen LogP contribution in [0.3, 0.4) is 0 Å². The van der Waals surface area contributed by atoms with Crippen molar-refractivity contribution >= 4 is 11.9 Å². The summed E-state index contributed by atoms with van der Waals surface area (Å²) in [6.07, 6.45) is 3.04. The first kappa shape index (κ1) is 11.3. The normalized spacial score (nSPS) is 10.1. The van der Waals surface area contributed by atoms with Crippen molar-refractivity contribution in [2.24, 2.45) is 0 Å². The molecule has 5 heteroatoms. The molecule has 5 nitrogen and oxygen atoms in total. The quantitative estimate of drug-likeness (QED) is 0.698. The van der Waals surface area contributed by atoms with Crippen LogP contribution in [0.5, 0.6) is 0 Å². The number of aromatic carboxylic acids is 1. The largest absolute Gasteiger partial charge is 0.481 e. The highest BCUT2D eigenvalue weighted by Gasteiger charge is 2.07. The van der Waals surface area contributed by atoms with Crippen LogP contribution in [-0.4, -0.2) is 26.7 Å². The molecule has 82 valence electrons. The standard InChI is InChI=1S/C10H13NO4/c12-9(13)5-1-2-6-11-7-3-4-8(11)10(14)15/h3-4,7H,1-2,5-6H2,(H,12,13)(H,14,15). The van der Waals surface area contributed by atoms with Crippen molar-refractivity contribution < 1.29 is 19.8 Å². The topological polar surface area (TPSA) is 79.5 Å². The van der Waals surface area contributed by atoms with Crippen LogP contribution in [0.1, 0.15) is 29.8 Å². The number of rotatable bonds is 6. The second kappa shape index (κ2) is 5.19. The number of nitrogens with zero attached hydrogens (tertiary/aromatic N) is 1. The monoisotopic (exact) mass is 211 g/mol. The van der Waals surface area contributed by atoms with Crippen molar-refractivity contribution in [3.05, 3.63) is 24.0 Å². The maximum absolute atomic E-state index is 10.7. The van der Waals surface area contributed by atoms with Crippen molar-refractivity contribution in [2.45, 2.75) is 25.8 Å². The van der Waals surface area contributed by atoms with Gasteiger partial charge in [-0.1, -0.05) is 0 Å². The summed E-state index contributed by atoms with van der Waals surface area (Å²) in [6, 6.07) is 3.19. The predicted molar refractivity (Wildman–Crippen MR) is 52.9 cm³/mol. The molecular weight excluding hydrogens is 198 g/mol. The van der Waals surface area contributed by atoms with Gasteiger partial charge >= 0.3 is 11.9 Å². The van der Waals surface area contributed by atoms with Crippen molar-refractivity contribution in [2.75, 3.05) is 0 Å². The van der Waals surface area contributed by atoms with Gasteiger partial charge in [0.05, 0.1) is 0 Å². The van der Waals surface area contributed by atoms with E-state index < -0.39 is 11.9 Å². The molecule has 1 aromatic heterocycles. The molecule has 0 fully saturated rings. The smallest absolute Gasteiger partial charge is 0.352 e. The van der Waals surface area contributed by atoms with Gasteiger partial charge in [-0.05, 0) is 25.0 Å². The molecule has 0 aliphatic heterocycles. The van der Waals surface area contributed by atoms with E-state index in [4.69, 9.17) is 10.2 Å². The number of carboxylic acids is 2. The Morgan fingerprint density at radius 2 is 2.00 bits per heavy atom. The zero-order chi connectivity index (χ0) is 11.3. The van der Waals surface area contributed by atoms with Crippen molar-refractivity contribution in [1.82, 2.24) is 4.57 Å². The Kier molecular flexibility index (Phi) is 3.91. The van der Waals surface area contributed by atoms with Gasteiger partial charge in [-0.25, -0.2) is 4.79 Å². The highest BCUT2D eigenvalue weighted by molar-refractivity contribution is 5.85. The first-order valence-corrected chi connectivity index (χ1v) is 4.71. The Bertz CT molecular complexity index is 356. The summed E-state index contributed by atoms with van der Waals surface area (Å²) in [5, 5.41) is 17.2. The van der Waals surface area contributed by atoms with Gasteiger partial charge in [0.1, 0.15) is 5.69 Å². The molecular formula is C10H13NO4. The summed E-state index contributed by atoms with van der Waals surface area (Å²) in [5.74, 6) is -1.78. The lowest BCUT2D eigenvalue weighted by molar-refractivity contribution is -0.137. The van der Waals surface area contributed by atoms with Crippen LogP contribution in [0.15, 0.2) is 18.3 Å². The molecule has 1 aromatic rings. The highest BCUT2D eigenvalue weighted by atomic mass is 16.4. The number of hydrogen-bond donors (Lipinski definition) is 2. The summed E-state index contributed by atoms with van der Waals surface area (Å²) < 4.78 is 1.62. The SMILES string of the molecule is O=C(O)CCCCn1cccc1C(=O)O. The van der Waals surface area contributed by atoms with Gasteiger partial charge in [-0.15, -0.1) is 0 Å². The number of carboxylic acid groups (broad SMARTS) is 2. The minimum Gasteiger partial charge on any atom is -0.481 e. The highest BCUT2D eigenvalue weighted by Crippen LogP contribution is 2.05. The molecule has 15 heavy (non-hydrogen) atoms. The van der Waals surface area contributed by atoms with Gasteiger partial charge in [0.15, 0.2) is 0 Å². The van der Waals surface area contributed by atoms with Crippen LogP contribution in [0.25, 0.3) is 0 Å². The molecule has 0 spiro atoms. The molecule has 0 aromatic carbocycles. The lowest BCUT2D eigenvalue weighted by Gasteiger charge is -2.04. The Hall–Kier alpha value is -1.78. The van der Waals surface area contributed by atoms with E-state index in [9.17, 15) is 9.59 Å². The molecule has 2 N–H and O–H groups in total. The Morgan fingerprint density at radius 3 is 2.60 bits per heavy atom. The minimum absolute atomic E-state index is 0.129. The first-order valence-electron chi connectivity index (χ1n) is 4.71. The second-order valence-electron chi connectivity index (χ2n) is 3.24. The molecule has 0 aliphatic carbocycles. The van der Waals surface area contributed by atoms with E-state index in [0.717, 1.165) is 0 Å². The van der Waals surface area contributed by atoms with E-state index >= 15 is 0 Å². The average molecular weight is 211 g/mol. The van der Waals surface area contributed by atoms with E-state index in [1.165, 1.54) is 6.07 Å². The van der Waals surface area contributed by atoms with Crippen LogP contribution >= 0.6 is 0 Å². The summed E-state index contributed by atoms with van der Waals surface area (Å²) in [7, 11) is 0. The minimum atomic E-state index is -0.960. The fourth-order valence-corrected chi connectivity index (χ4v) is 1.36. The molecule has 0 saturated heterocycles. The molecule has 1 heterocycles. The summed E-state index contributed by atoms with van der Waals surface area (Å²) >= 11 is 0. The fraction of sp³-hybridized carbons (Fsp3) is 0.400. The van der Waals surface area contributed by atoms with Crippen molar-refractivity contribution in [1.29, 1.82) is 0 Å². The van der Waals surface area contributed by atoms with Gasteiger partial charge in [0.25, 0.3) is 0 Å². The van der Waals surface area contributed by atoms with Crippen LogP contribution in [-0.2, 0) is 11.3 Å². The van der Waals surface area contributed by atoms with E-state index in [-0.39, 0.29) is 12.1 Å². The van der Waals surface area contributed by atoms with E-state index in [0.29, 0.717) is 19.4 Å². The fourth-order valence-electron chi connectivity index (χ4n) is 1.36. The lowest BCUT2D eigenvalue weighted by Crippen LogP contribution is -2.08. The van der Waals surface area contributed by atoms with Crippen molar-refractivity contribution in [3.8, 4) is 0 Å². The van der Waals surface area contributed by atoms with Crippen molar-refractivity contribution in [3.63, 3.8) is 0 Å². The van der Waals surface area contributed by atoms with Gasteiger partial charge in [0.2, 0.25) is 0 Å². The van der Waals surface area contributed by atoms with E-state index in [1.807, 2.05) is 0 Å². The van der Waals surface area contributed by atoms with E-state index in [1.54, 1.807) is 16.8 Å². The number of unbranched alkanes of at least 4 members (excludes halogenated alkanes) is 1. The predicted octanol–water partition coefficient (Wildman–Crippen LogP) is 1.44. The van der Waals surface area contributed by atoms with Crippen LogP contribution in [0, 0.1) is 0 Å². The third kappa shape index (κ3) is 3.46. The zero-order valence-electron chi connectivity index (χ0n) is 8.22. The first-order chi connectivity index (χ1) is 7.11. The molecule has 0 aliphatic rings. The second-order valence-corrected chi connectivity index (χ2v) is 3.24.